The molecule has 5 N–H and O–H groups in total. The molecule has 18 heavy (non-hydrogen) atoms. The van der Waals surface area contributed by atoms with Gasteiger partial charge in [-0.1, -0.05) is 0 Å². The van der Waals surface area contributed by atoms with E-state index in [0.29, 0.717) is 23.1 Å². The van der Waals surface area contributed by atoms with Crippen LogP contribution in [0.25, 0.3) is 10.2 Å². The molecule has 2 aromatic rings. The van der Waals surface area contributed by atoms with E-state index in [1.807, 2.05) is 11.4 Å². The van der Waals surface area contributed by atoms with Crippen LogP contribution in [0, 0.1) is 0 Å². The summed E-state index contributed by atoms with van der Waals surface area (Å²) in [5.74, 6) is 7.72. The van der Waals surface area contributed by atoms with E-state index < -0.39 is 6.10 Å². The molecule has 2 heterocycles. The standard InChI is InChI=1S/C10H14N4O2S2/c11-14-9-7-1-2-18-10(7)13-8(12-9)5-17-4-6(16)3-15/h1-2,6,15-16H,3-5,11H2,(H,12,13,14). The lowest BCUT2D eigenvalue weighted by Crippen LogP contribution is -2.15. The first-order valence-electron chi connectivity index (χ1n) is 5.32. The number of thioether (sulfide) groups is 1. The number of aliphatic hydroxyl groups excluding tert-OH is 2. The summed E-state index contributed by atoms with van der Waals surface area (Å²) in [6.45, 7) is -0.229. The van der Waals surface area contributed by atoms with E-state index >= 15 is 0 Å². The first-order chi connectivity index (χ1) is 8.74. The second-order valence-corrected chi connectivity index (χ2v) is 5.55. The van der Waals surface area contributed by atoms with Gasteiger partial charge in [0.05, 0.1) is 23.8 Å². The molecule has 0 fully saturated rings. The van der Waals surface area contributed by atoms with Gasteiger partial charge >= 0.3 is 0 Å². The van der Waals surface area contributed by atoms with Gasteiger partial charge in [-0.3, -0.25) is 0 Å². The molecule has 2 rings (SSSR count). The largest absolute Gasteiger partial charge is 0.394 e. The van der Waals surface area contributed by atoms with Gasteiger partial charge in [-0.15, -0.1) is 11.3 Å². The third kappa shape index (κ3) is 3.09. The topological polar surface area (TPSA) is 104 Å². The van der Waals surface area contributed by atoms with E-state index in [2.05, 4.69) is 15.4 Å². The summed E-state index contributed by atoms with van der Waals surface area (Å²) in [4.78, 5) is 9.61. The van der Waals surface area contributed by atoms with Crippen molar-refractivity contribution in [3.05, 3.63) is 17.3 Å². The molecule has 98 valence electrons. The van der Waals surface area contributed by atoms with E-state index in [1.165, 1.54) is 23.1 Å². The SMILES string of the molecule is NNc1nc(CSCC(O)CO)nc2sccc12. The van der Waals surface area contributed by atoms with E-state index in [4.69, 9.17) is 10.9 Å². The predicted molar refractivity (Wildman–Crippen MR) is 74.5 cm³/mol. The molecule has 0 aliphatic heterocycles. The van der Waals surface area contributed by atoms with Crippen LogP contribution >= 0.6 is 23.1 Å². The zero-order chi connectivity index (χ0) is 13.0. The Kier molecular flexibility index (Phi) is 4.72. The van der Waals surface area contributed by atoms with Crippen LogP contribution in [0.4, 0.5) is 5.82 Å². The maximum atomic E-state index is 9.23. The Morgan fingerprint density at radius 3 is 3.06 bits per heavy atom. The summed E-state index contributed by atoms with van der Waals surface area (Å²) in [6, 6.07) is 1.92. The fraction of sp³-hybridized carbons (Fsp3) is 0.400. The van der Waals surface area contributed by atoms with E-state index in [-0.39, 0.29) is 6.61 Å². The third-order valence-electron chi connectivity index (χ3n) is 2.26. The summed E-state index contributed by atoms with van der Waals surface area (Å²) in [5.41, 5.74) is 2.56. The van der Waals surface area contributed by atoms with Crippen molar-refractivity contribution < 1.29 is 10.2 Å². The first-order valence-corrected chi connectivity index (χ1v) is 7.35. The molecule has 0 spiro atoms. The van der Waals surface area contributed by atoms with Crippen molar-refractivity contribution in [2.24, 2.45) is 5.84 Å². The number of hydrogen-bond acceptors (Lipinski definition) is 8. The maximum absolute atomic E-state index is 9.23. The summed E-state index contributed by atoms with van der Waals surface area (Å²) >= 11 is 3.00. The van der Waals surface area contributed by atoms with Crippen LogP contribution in [0.2, 0.25) is 0 Å². The number of nitrogens with two attached hydrogens (primary N) is 1. The summed E-state index contributed by atoms with van der Waals surface area (Å²) < 4.78 is 0. The average Bonchev–Trinajstić information content (AvgIpc) is 2.85. The van der Waals surface area contributed by atoms with Crippen LogP contribution in [-0.4, -0.2) is 38.6 Å². The monoisotopic (exact) mass is 286 g/mol. The van der Waals surface area contributed by atoms with Crippen LogP contribution in [0.3, 0.4) is 0 Å². The molecule has 0 aliphatic carbocycles. The molecule has 2 aromatic heterocycles. The molecular formula is C10H14N4O2S2. The van der Waals surface area contributed by atoms with Gasteiger partial charge in [0.2, 0.25) is 0 Å². The smallest absolute Gasteiger partial charge is 0.152 e. The molecule has 0 saturated heterocycles. The Morgan fingerprint density at radius 1 is 1.50 bits per heavy atom. The van der Waals surface area contributed by atoms with Gasteiger partial charge in [0.15, 0.2) is 5.82 Å². The van der Waals surface area contributed by atoms with Gasteiger partial charge < -0.3 is 15.6 Å². The second kappa shape index (κ2) is 6.30. The number of hydrogen-bond donors (Lipinski definition) is 4. The highest BCUT2D eigenvalue weighted by Gasteiger charge is 2.09. The lowest BCUT2D eigenvalue weighted by molar-refractivity contribution is 0.113. The molecule has 0 saturated carbocycles. The van der Waals surface area contributed by atoms with Gasteiger partial charge in [0.25, 0.3) is 0 Å². The highest BCUT2D eigenvalue weighted by molar-refractivity contribution is 7.98. The highest BCUT2D eigenvalue weighted by atomic mass is 32.2. The van der Waals surface area contributed by atoms with Gasteiger partial charge in [0.1, 0.15) is 10.7 Å². The number of hydrazine groups is 1. The Labute approximate surface area is 112 Å². The second-order valence-electron chi connectivity index (χ2n) is 3.62. The minimum Gasteiger partial charge on any atom is -0.394 e. The Morgan fingerprint density at radius 2 is 2.33 bits per heavy atom. The fourth-order valence-corrected chi connectivity index (χ4v) is 3.00. The van der Waals surface area contributed by atoms with E-state index in [1.54, 1.807) is 0 Å². The number of fused-ring (bicyclic) bond motifs is 1. The van der Waals surface area contributed by atoms with Crippen molar-refractivity contribution in [3.8, 4) is 0 Å². The van der Waals surface area contributed by atoms with Crippen molar-refractivity contribution in [2.75, 3.05) is 17.8 Å². The molecule has 0 radical (unpaired) electrons. The summed E-state index contributed by atoms with van der Waals surface area (Å²) in [6.07, 6.45) is -0.701. The Hall–Kier alpha value is -0.930. The quantitative estimate of drug-likeness (QED) is 0.454. The van der Waals surface area contributed by atoms with Crippen LogP contribution in [0.15, 0.2) is 11.4 Å². The Bertz CT molecular complexity index is 520. The zero-order valence-electron chi connectivity index (χ0n) is 9.54. The average molecular weight is 286 g/mol. The van der Waals surface area contributed by atoms with E-state index in [0.717, 1.165) is 10.2 Å². The predicted octanol–water partition coefficient (Wildman–Crippen LogP) is 0.563. The number of nitrogens with one attached hydrogen (secondary N) is 1. The highest BCUT2D eigenvalue weighted by Crippen LogP contribution is 2.25. The summed E-state index contributed by atoms with van der Waals surface area (Å²) in [7, 11) is 0. The minimum absolute atomic E-state index is 0.229. The van der Waals surface area contributed by atoms with E-state index in [9.17, 15) is 5.11 Å². The number of thiophene rings is 1. The van der Waals surface area contributed by atoms with Crippen LogP contribution in [-0.2, 0) is 5.75 Å². The molecule has 1 atom stereocenters. The lowest BCUT2D eigenvalue weighted by Gasteiger charge is -2.07. The normalized spacial score (nSPS) is 12.8. The van der Waals surface area contributed by atoms with Gasteiger partial charge in [0, 0.05) is 5.75 Å². The number of nitrogens with zero attached hydrogens (tertiary/aromatic N) is 2. The number of rotatable bonds is 6. The van der Waals surface area contributed by atoms with Crippen molar-refractivity contribution in [1.82, 2.24) is 9.97 Å². The Balaban J connectivity index is 2.08. The van der Waals surface area contributed by atoms with Crippen molar-refractivity contribution in [3.63, 3.8) is 0 Å². The minimum atomic E-state index is -0.701. The van der Waals surface area contributed by atoms with Crippen molar-refractivity contribution in [1.29, 1.82) is 0 Å². The van der Waals surface area contributed by atoms with Gasteiger partial charge in [-0.05, 0) is 11.4 Å². The molecule has 8 heteroatoms. The van der Waals surface area contributed by atoms with Gasteiger partial charge in [-0.25, -0.2) is 15.8 Å². The molecule has 0 bridgehead atoms. The number of nitrogen functional groups attached to an aromatic ring is 1. The number of anilines is 1. The zero-order valence-corrected chi connectivity index (χ0v) is 11.2. The van der Waals surface area contributed by atoms with Crippen LogP contribution in [0.5, 0.6) is 0 Å². The number of aromatic nitrogens is 2. The lowest BCUT2D eigenvalue weighted by atomic mass is 10.4. The van der Waals surface area contributed by atoms with Gasteiger partial charge in [-0.2, -0.15) is 11.8 Å². The third-order valence-corrected chi connectivity index (χ3v) is 4.15. The van der Waals surface area contributed by atoms with Crippen molar-refractivity contribution in [2.45, 2.75) is 11.9 Å². The number of aliphatic hydroxyl groups is 2. The molecule has 0 aliphatic rings. The first kappa shape index (κ1) is 13.5. The molecule has 0 aromatic carbocycles. The van der Waals surface area contributed by atoms with Crippen molar-refractivity contribution >= 4 is 39.1 Å². The van der Waals surface area contributed by atoms with Crippen LogP contribution < -0.4 is 11.3 Å². The van der Waals surface area contributed by atoms with Crippen LogP contribution in [0.1, 0.15) is 5.82 Å². The fourth-order valence-electron chi connectivity index (χ4n) is 1.41. The summed E-state index contributed by atoms with van der Waals surface area (Å²) in [5, 5.41) is 20.8. The molecular weight excluding hydrogens is 272 g/mol. The molecule has 1 unspecified atom stereocenters. The molecule has 0 amide bonds. The maximum Gasteiger partial charge on any atom is 0.152 e. The molecule has 6 nitrogen and oxygen atoms in total.